The molecule has 1 fully saturated rings. The normalized spacial score (nSPS) is 16.6. The second kappa shape index (κ2) is 9.00. The first kappa shape index (κ1) is 18.7. The van der Waals surface area contributed by atoms with E-state index >= 15 is 0 Å². The van der Waals surface area contributed by atoms with Crippen LogP contribution in [0.25, 0.3) is 0 Å². The third-order valence-electron chi connectivity index (χ3n) is 4.00. The zero-order valence-corrected chi connectivity index (χ0v) is 14.6. The molecule has 8 nitrogen and oxygen atoms in total. The molecular formula is C19H20N2O6. The highest BCUT2D eigenvalue weighted by molar-refractivity contribution is 5.79. The molecule has 1 amide bonds. The number of hydrogen-bond acceptors (Lipinski definition) is 6. The van der Waals surface area contributed by atoms with Crippen molar-refractivity contribution in [2.75, 3.05) is 26.4 Å². The van der Waals surface area contributed by atoms with E-state index < -0.39 is 12.0 Å². The predicted molar refractivity (Wildman–Crippen MR) is 94.8 cm³/mol. The fraction of sp³-hybridized carbons (Fsp3) is 0.316. The van der Waals surface area contributed by atoms with E-state index in [1.54, 1.807) is 42.6 Å². The standard InChI is InChI=1S/C19H20N2O6/c22-18(21-9-10-25-12-14(21)11-19(23)24)13-26-15-4-6-16(7-5-15)27-17-3-1-2-8-20-17/h1-8,14H,9-13H2,(H,23,24). The van der Waals surface area contributed by atoms with Crippen molar-refractivity contribution in [3.63, 3.8) is 0 Å². The van der Waals surface area contributed by atoms with E-state index in [-0.39, 0.29) is 25.5 Å². The lowest BCUT2D eigenvalue weighted by molar-refractivity contribution is -0.147. The molecule has 0 saturated carbocycles. The van der Waals surface area contributed by atoms with Crippen LogP contribution in [0.15, 0.2) is 48.7 Å². The van der Waals surface area contributed by atoms with Gasteiger partial charge in [-0.1, -0.05) is 6.07 Å². The fourth-order valence-corrected chi connectivity index (χ4v) is 2.71. The van der Waals surface area contributed by atoms with Crippen molar-refractivity contribution in [3.8, 4) is 17.4 Å². The number of pyridine rings is 1. The van der Waals surface area contributed by atoms with Gasteiger partial charge in [-0.15, -0.1) is 0 Å². The van der Waals surface area contributed by atoms with Gasteiger partial charge in [-0.25, -0.2) is 4.98 Å². The fourth-order valence-electron chi connectivity index (χ4n) is 2.71. The summed E-state index contributed by atoms with van der Waals surface area (Å²) in [5, 5.41) is 8.96. The van der Waals surface area contributed by atoms with E-state index in [0.717, 1.165) is 0 Å². The molecule has 2 heterocycles. The van der Waals surface area contributed by atoms with E-state index in [1.165, 1.54) is 4.90 Å². The van der Waals surface area contributed by atoms with Gasteiger partial charge < -0.3 is 24.2 Å². The van der Waals surface area contributed by atoms with E-state index in [1.807, 2.05) is 6.07 Å². The van der Waals surface area contributed by atoms with Crippen LogP contribution in [0.4, 0.5) is 0 Å². The average Bonchev–Trinajstić information content (AvgIpc) is 2.68. The van der Waals surface area contributed by atoms with Crippen LogP contribution < -0.4 is 9.47 Å². The molecule has 0 bridgehead atoms. The summed E-state index contributed by atoms with van der Waals surface area (Å²) in [5.74, 6) is 0.367. The zero-order valence-electron chi connectivity index (χ0n) is 14.6. The van der Waals surface area contributed by atoms with Gasteiger partial charge in [0.1, 0.15) is 11.5 Å². The van der Waals surface area contributed by atoms with Gasteiger partial charge in [0.25, 0.3) is 5.91 Å². The Morgan fingerprint density at radius 2 is 1.96 bits per heavy atom. The molecule has 0 aliphatic carbocycles. The van der Waals surface area contributed by atoms with Gasteiger partial charge in [0, 0.05) is 18.8 Å². The molecule has 8 heteroatoms. The maximum atomic E-state index is 12.4. The summed E-state index contributed by atoms with van der Waals surface area (Å²) in [6.07, 6.45) is 1.49. The highest BCUT2D eigenvalue weighted by Gasteiger charge is 2.29. The lowest BCUT2D eigenvalue weighted by Gasteiger charge is -2.34. The quantitative estimate of drug-likeness (QED) is 0.793. The molecule has 1 unspecified atom stereocenters. The number of rotatable bonds is 7. The van der Waals surface area contributed by atoms with Crippen molar-refractivity contribution < 1.29 is 28.9 Å². The van der Waals surface area contributed by atoms with Gasteiger partial charge in [-0.05, 0) is 30.3 Å². The Morgan fingerprint density at radius 1 is 1.19 bits per heavy atom. The highest BCUT2D eigenvalue weighted by Crippen LogP contribution is 2.22. The Balaban J connectivity index is 1.53. The van der Waals surface area contributed by atoms with Crippen LogP contribution in [0.2, 0.25) is 0 Å². The Morgan fingerprint density at radius 3 is 2.67 bits per heavy atom. The first-order chi connectivity index (χ1) is 13.1. The summed E-state index contributed by atoms with van der Waals surface area (Å²) in [4.78, 5) is 28.9. The summed E-state index contributed by atoms with van der Waals surface area (Å²) in [7, 11) is 0. The number of carbonyl (C=O) groups excluding carboxylic acids is 1. The number of amides is 1. The minimum atomic E-state index is -0.965. The summed E-state index contributed by atoms with van der Waals surface area (Å²) < 4.78 is 16.4. The molecule has 1 aliphatic rings. The molecule has 27 heavy (non-hydrogen) atoms. The van der Waals surface area contributed by atoms with Gasteiger partial charge in [0.2, 0.25) is 5.88 Å². The van der Waals surface area contributed by atoms with Gasteiger partial charge in [-0.2, -0.15) is 0 Å². The third-order valence-corrected chi connectivity index (χ3v) is 4.00. The number of ether oxygens (including phenoxy) is 3. The number of hydrogen-bond donors (Lipinski definition) is 1. The second-order valence-electron chi connectivity index (χ2n) is 5.94. The number of benzene rings is 1. The Bertz CT molecular complexity index is 766. The Hall–Kier alpha value is -3.13. The number of aromatic nitrogens is 1. The van der Waals surface area contributed by atoms with Crippen molar-refractivity contribution in [3.05, 3.63) is 48.7 Å². The van der Waals surface area contributed by atoms with Crippen LogP contribution in [0.3, 0.4) is 0 Å². The van der Waals surface area contributed by atoms with Crippen molar-refractivity contribution in [2.45, 2.75) is 12.5 Å². The summed E-state index contributed by atoms with van der Waals surface area (Å²) in [6, 6.07) is 11.7. The summed E-state index contributed by atoms with van der Waals surface area (Å²) >= 11 is 0. The zero-order chi connectivity index (χ0) is 19.1. The molecule has 0 radical (unpaired) electrons. The molecule has 1 saturated heterocycles. The van der Waals surface area contributed by atoms with Crippen molar-refractivity contribution in [2.24, 2.45) is 0 Å². The smallest absolute Gasteiger partial charge is 0.305 e. The molecule has 1 aromatic heterocycles. The molecule has 0 spiro atoms. The maximum absolute atomic E-state index is 12.4. The first-order valence-corrected chi connectivity index (χ1v) is 8.52. The minimum Gasteiger partial charge on any atom is -0.484 e. The van der Waals surface area contributed by atoms with Crippen LogP contribution in [0.5, 0.6) is 17.4 Å². The van der Waals surface area contributed by atoms with Crippen LogP contribution in [-0.2, 0) is 14.3 Å². The van der Waals surface area contributed by atoms with Crippen LogP contribution in [0.1, 0.15) is 6.42 Å². The second-order valence-corrected chi connectivity index (χ2v) is 5.94. The molecule has 142 valence electrons. The molecule has 1 aromatic carbocycles. The molecule has 1 aliphatic heterocycles. The Kier molecular flexibility index (Phi) is 6.22. The van der Waals surface area contributed by atoms with Gasteiger partial charge in [-0.3, -0.25) is 9.59 Å². The largest absolute Gasteiger partial charge is 0.484 e. The van der Waals surface area contributed by atoms with E-state index in [4.69, 9.17) is 19.3 Å². The summed E-state index contributed by atoms with van der Waals surface area (Å²) in [6.45, 7) is 0.798. The van der Waals surface area contributed by atoms with Crippen LogP contribution in [-0.4, -0.2) is 59.3 Å². The van der Waals surface area contributed by atoms with Gasteiger partial charge >= 0.3 is 5.97 Å². The number of carboxylic acid groups (broad SMARTS) is 1. The maximum Gasteiger partial charge on any atom is 0.305 e. The lowest BCUT2D eigenvalue weighted by atomic mass is 10.1. The van der Waals surface area contributed by atoms with Crippen molar-refractivity contribution in [1.82, 2.24) is 9.88 Å². The van der Waals surface area contributed by atoms with Crippen LogP contribution >= 0.6 is 0 Å². The molecule has 3 rings (SSSR count). The van der Waals surface area contributed by atoms with Gasteiger partial charge in [0.15, 0.2) is 6.61 Å². The number of aliphatic carboxylic acids is 1. The average molecular weight is 372 g/mol. The number of nitrogens with zero attached hydrogens (tertiary/aromatic N) is 2. The molecule has 2 aromatic rings. The van der Waals surface area contributed by atoms with Crippen LogP contribution in [0, 0.1) is 0 Å². The third kappa shape index (κ3) is 5.42. The topological polar surface area (TPSA) is 98.2 Å². The van der Waals surface area contributed by atoms with Crippen molar-refractivity contribution >= 4 is 11.9 Å². The summed E-state index contributed by atoms with van der Waals surface area (Å²) in [5.41, 5.74) is 0. The predicted octanol–water partition coefficient (Wildman–Crippen LogP) is 1.95. The molecule has 1 N–H and O–H groups in total. The monoisotopic (exact) mass is 372 g/mol. The molecule has 1 atom stereocenters. The molecular weight excluding hydrogens is 352 g/mol. The SMILES string of the molecule is O=C(O)CC1COCCN1C(=O)COc1ccc(Oc2ccccn2)cc1. The minimum absolute atomic E-state index is 0.148. The highest BCUT2D eigenvalue weighted by atomic mass is 16.5. The van der Waals surface area contributed by atoms with Crippen molar-refractivity contribution in [1.29, 1.82) is 0 Å². The Labute approximate surface area is 156 Å². The number of carbonyl (C=O) groups is 2. The van der Waals surface area contributed by atoms with E-state index in [9.17, 15) is 9.59 Å². The van der Waals surface area contributed by atoms with E-state index in [2.05, 4.69) is 4.98 Å². The van der Waals surface area contributed by atoms with E-state index in [0.29, 0.717) is 30.5 Å². The number of morpholine rings is 1. The number of carboxylic acids is 1. The van der Waals surface area contributed by atoms with Gasteiger partial charge in [0.05, 0.1) is 25.7 Å². The first-order valence-electron chi connectivity index (χ1n) is 8.52. The lowest BCUT2D eigenvalue weighted by Crippen LogP contribution is -2.51.